The number of amides is 1. The summed E-state index contributed by atoms with van der Waals surface area (Å²) in [5.41, 5.74) is 1.01. The molecule has 1 aliphatic rings. The third kappa shape index (κ3) is 4.52. The van der Waals surface area contributed by atoms with Crippen molar-refractivity contribution >= 4 is 17.5 Å². The van der Waals surface area contributed by atoms with Gasteiger partial charge in [0.15, 0.2) is 5.69 Å². The average molecular weight is 374 g/mol. The van der Waals surface area contributed by atoms with Gasteiger partial charge in [0.1, 0.15) is 0 Å². The summed E-state index contributed by atoms with van der Waals surface area (Å²) in [6.07, 6.45) is 7.83. The Bertz CT molecular complexity index is 822. The van der Waals surface area contributed by atoms with Crippen molar-refractivity contribution in [2.45, 2.75) is 57.9 Å². The lowest BCUT2D eigenvalue weighted by Crippen LogP contribution is -2.39. The van der Waals surface area contributed by atoms with Crippen LogP contribution in [0.25, 0.3) is 5.69 Å². The van der Waals surface area contributed by atoms with Gasteiger partial charge in [0, 0.05) is 22.8 Å². The first-order valence-electron chi connectivity index (χ1n) is 9.22. The largest absolute Gasteiger partial charge is 0.348 e. The summed E-state index contributed by atoms with van der Waals surface area (Å²) < 4.78 is 1.60. The summed E-state index contributed by atoms with van der Waals surface area (Å²) in [6.45, 7) is 1.79. The van der Waals surface area contributed by atoms with Gasteiger partial charge in [-0.1, -0.05) is 43.7 Å². The molecule has 2 aromatic rings. The number of aromatic nitrogens is 2. The Morgan fingerprint density at radius 3 is 2.38 bits per heavy atom. The van der Waals surface area contributed by atoms with Gasteiger partial charge >= 0.3 is 0 Å². The van der Waals surface area contributed by atoms with E-state index in [-0.39, 0.29) is 23.1 Å². The molecule has 0 atom stereocenters. The Balaban J connectivity index is 1.84. The molecule has 3 rings (SSSR count). The van der Waals surface area contributed by atoms with Crippen LogP contribution in [0, 0.1) is 6.92 Å². The molecule has 1 saturated carbocycles. The van der Waals surface area contributed by atoms with Crippen molar-refractivity contribution in [1.29, 1.82) is 0 Å². The van der Waals surface area contributed by atoms with E-state index in [1.807, 2.05) is 12.1 Å². The molecule has 1 aromatic heterocycles. The lowest BCUT2D eigenvalue weighted by atomic mass is 9.96. The molecular weight excluding hydrogens is 350 g/mol. The summed E-state index contributed by atoms with van der Waals surface area (Å²) in [6, 6.07) is 8.70. The van der Waals surface area contributed by atoms with E-state index < -0.39 is 0 Å². The van der Waals surface area contributed by atoms with E-state index in [2.05, 4.69) is 10.4 Å². The highest BCUT2D eigenvalue weighted by Gasteiger charge is 2.19. The fourth-order valence-corrected chi connectivity index (χ4v) is 3.53. The zero-order valence-corrected chi connectivity index (χ0v) is 15.8. The van der Waals surface area contributed by atoms with Crippen LogP contribution in [0.4, 0.5) is 0 Å². The molecule has 0 aliphatic heterocycles. The average Bonchev–Trinajstić information content (AvgIpc) is 2.58. The van der Waals surface area contributed by atoms with Gasteiger partial charge in [-0.3, -0.25) is 9.59 Å². The zero-order valence-electron chi connectivity index (χ0n) is 15.0. The maximum atomic E-state index is 12.7. The van der Waals surface area contributed by atoms with Gasteiger partial charge in [0.2, 0.25) is 5.43 Å². The third-order valence-corrected chi connectivity index (χ3v) is 5.09. The van der Waals surface area contributed by atoms with Gasteiger partial charge in [-0.2, -0.15) is 5.10 Å². The summed E-state index contributed by atoms with van der Waals surface area (Å²) in [5, 5.41) is 7.96. The third-order valence-electron chi connectivity index (χ3n) is 4.83. The van der Waals surface area contributed by atoms with Gasteiger partial charge in [0.05, 0.1) is 5.69 Å². The van der Waals surface area contributed by atoms with Crippen molar-refractivity contribution in [3.05, 3.63) is 57.0 Å². The van der Waals surface area contributed by atoms with Gasteiger partial charge in [-0.05, 0) is 44.0 Å². The zero-order chi connectivity index (χ0) is 18.5. The van der Waals surface area contributed by atoms with Crippen molar-refractivity contribution in [3.63, 3.8) is 0 Å². The second-order valence-electron chi connectivity index (χ2n) is 6.90. The number of hydrogen-bond donors (Lipinski definition) is 1. The molecule has 1 fully saturated rings. The SMILES string of the molecule is Cc1cc(=O)c(C(=O)NC2CCCCCCC2)nn1-c1ccc(Cl)cc1. The Morgan fingerprint density at radius 2 is 1.73 bits per heavy atom. The predicted octanol–water partition coefficient (Wildman–Crippen LogP) is 4.04. The van der Waals surface area contributed by atoms with Crippen LogP contribution in [0.2, 0.25) is 5.02 Å². The van der Waals surface area contributed by atoms with E-state index in [1.54, 1.807) is 23.7 Å². The van der Waals surface area contributed by atoms with Gasteiger partial charge in [-0.15, -0.1) is 0 Å². The fourth-order valence-electron chi connectivity index (χ4n) is 3.40. The molecule has 1 N–H and O–H groups in total. The lowest BCUT2D eigenvalue weighted by molar-refractivity contribution is 0.0922. The minimum Gasteiger partial charge on any atom is -0.348 e. The van der Waals surface area contributed by atoms with Crippen molar-refractivity contribution in [1.82, 2.24) is 15.1 Å². The minimum atomic E-state index is -0.386. The standard InChI is InChI=1S/C20H24ClN3O2/c1-14-13-18(25)19(23-24(14)17-11-9-15(21)10-12-17)20(26)22-16-7-5-3-2-4-6-8-16/h9-13,16H,2-8H2,1H3,(H,22,26). The summed E-state index contributed by atoms with van der Waals surface area (Å²) >= 11 is 5.94. The number of aryl methyl sites for hydroxylation is 1. The molecule has 0 radical (unpaired) electrons. The molecule has 138 valence electrons. The lowest BCUT2D eigenvalue weighted by Gasteiger charge is -2.21. The summed E-state index contributed by atoms with van der Waals surface area (Å²) in [4.78, 5) is 25.0. The van der Waals surface area contributed by atoms with Crippen LogP contribution in [0.3, 0.4) is 0 Å². The number of nitrogens with zero attached hydrogens (tertiary/aromatic N) is 2. The fraction of sp³-hybridized carbons (Fsp3) is 0.450. The van der Waals surface area contributed by atoms with E-state index in [4.69, 9.17) is 11.6 Å². The number of halogens is 1. The van der Waals surface area contributed by atoms with Gasteiger partial charge in [-0.25, -0.2) is 4.68 Å². The molecule has 1 amide bonds. The van der Waals surface area contributed by atoms with Crippen molar-refractivity contribution in [2.24, 2.45) is 0 Å². The first kappa shape index (κ1) is 18.6. The Kier molecular flexibility index (Phi) is 6.09. The van der Waals surface area contributed by atoms with E-state index in [0.717, 1.165) is 31.4 Å². The molecular formula is C20H24ClN3O2. The minimum absolute atomic E-state index is 0.0624. The number of nitrogens with one attached hydrogen (secondary N) is 1. The first-order chi connectivity index (χ1) is 12.5. The number of rotatable bonds is 3. The summed E-state index contributed by atoms with van der Waals surface area (Å²) in [5.74, 6) is -0.386. The topological polar surface area (TPSA) is 64.0 Å². The maximum Gasteiger partial charge on any atom is 0.276 e. The molecule has 0 bridgehead atoms. The maximum absolute atomic E-state index is 12.7. The highest BCUT2D eigenvalue weighted by molar-refractivity contribution is 6.30. The van der Waals surface area contributed by atoms with Crippen LogP contribution in [-0.2, 0) is 0 Å². The summed E-state index contributed by atoms with van der Waals surface area (Å²) in [7, 11) is 0. The smallest absolute Gasteiger partial charge is 0.276 e. The molecule has 26 heavy (non-hydrogen) atoms. The van der Waals surface area contributed by atoms with Crippen LogP contribution in [0.5, 0.6) is 0 Å². The number of benzene rings is 1. The van der Waals surface area contributed by atoms with Crippen LogP contribution < -0.4 is 10.7 Å². The highest BCUT2D eigenvalue weighted by atomic mass is 35.5. The van der Waals surface area contributed by atoms with Crippen LogP contribution in [0.15, 0.2) is 35.1 Å². The second kappa shape index (κ2) is 8.49. The molecule has 5 nitrogen and oxygen atoms in total. The number of hydrogen-bond acceptors (Lipinski definition) is 3. The second-order valence-corrected chi connectivity index (χ2v) is 7.34. The number of carbonyl (C=O) groups excluding carboxylic acids is 1. The quantitative estimate of drug-likeness (QED) is 0.883. The van der Waals surface area contributed by atoms with Crippen molar-refractivity contribution in [3.8, 4) is 5.69 Å². The van der Waals surface area contributed by atoms with Crippen molar-refractivity contribution in [2.75, 3.05) is 0 Å². The molecule has 1 aliphatic carbocycles. The Labute approximate surface area is 158 Å². The molecule has 1 heterocycles. The van der Waals surface area contributed by atoms with Crippen molar-refractivity contribution < 1.29 is 4.79 Å². The predicted molar refractivity (Wildman–Crippen MR) is 103 cm³/mol. The Morgan fingerprint density at radius 1 is 1.12 bits per heavy atom. The van der Waals surface area contributed by atoms with Gasteiger partial charge < -0.3 is 5.32 Å². The highest BCUT2D eigenvalue weighted by Crippen LogP contribution is 2.17. The van der Waals surface area contributed by atoms with E-state index >= 15 is 0 Å². The van der Waals surface area contributed by atoms with E-state index in [1.165, 1.54) is 25.3 Å². The first-order valence-corrected chi connectivity index (χ1v) is 9.60. The monoisotopic (exact) mass is 373 g/mol. The van der Waals surface area contributed by atoms with Crippen LogP contribution in [0.1, 0.15) is 61.1 Å². The van der Waals surface area contributed by atoms with Gasteiger partial charge in [0.25, 0.3) is 5.91 Å². The number of carbonyl (C=O) groups is 1. The molecule has 1 aromatic carbocycles. The molecule has 0 spiro atoms. The Hall–Kier alpha value is -2.14. The van der Waals surface area contributed by atoms with E-state index in [0.29, 0.717) is 10.7 Å². The molecule has 0 unspecified atom stereocenters. The normalized spacial score (nSPS) is 15.9. The van der Waals surface area contributed by atoms with Crippen LogP contribution in [-0.4, -0.2) is 21.7 Å². The molecule has 0 saturated heterocycles. The molecule has 6 heteroatoms. The van der Waals surface area contributed by atoms with E-state index in [9.17, 15) is 9.59 Å². The van der Waals surface area contributed by atoms with Crippen LogP contribution >= 0.6 is 11.6 Å².